The minimum atomic E-state index is -3.57. The molecule has 0 N–H and O–H groups in total. The summed E-state index contributed by atoms with van der Waals surface area (Å²) in [4.78, 5) is 15.4. The highest BCUT2D eigenvalue weighted by Gasteiger charge is 2.37. The predicted octanol–water partition coefficient (Wildman–Crippen LogP) is 3.29. The van der Waals surface area contributed by atoms with Crippen LogP contribution >= 0.6 is 0 Å². The average Bonchev–Trinajstić information content (AvgIpc) is 3.13. The predicted molar refractivity (Wildman–Crippen MR) is 110 cm³/mol. The second-order valence-corrected chi connectivity index (χ2v) is 9.77. The first-order valence-corrected chi connectivity index (χ1v) is 11.3. The highest BCUT2D eigenvalue weighted by atomic mass is 32.2. The minimum absolute atomic E-state index is 0.0492. The molecule has 1 unspecified atom stereocenters. The minimum Gasteiger partial charge on any atom is -0.312 e. The molecule has 1 saturated heterocycles. The highest BCUT2D eigenvalue weighted by Crippen LogP contribution is 2.33. The van der Waals surface area contributed by atoms with Crippen molar-refractivity contribution < 1.29 is 13.2 Å². The van der Waals surface area contributed by atoms with E-state index in [0.717, 1.165) is 24.1 Å². The molecule has 0 bridgehead atoms. The summed E-state index contributed by atoms with van der Waals surface area (Å²) in [5.74, 6) is -0.242. The molecule has 5 nitrogen and oxygen atoms in total. The third-order valence-corrected chi connectivity index (χ3v) is 7.80. The Morgan fingerprint density at radius 2 is 1.79 bits per heavy atom. The lowest BCUT2D eigenvalue weighted by atomic mass is 9.98. The summed E-state index contributed by atoms with van der Waals surface area (Å²) in [5, 5.41) is 0. The van der Waals surface area contributed by atoms with E-state index in [-0.39, 0.29) is 18.4 Å². The van der Waals surface area contributed by atoms with Crippen molar-refractivity contribution in [1.82, 2.24) is 4.31 Å². The number of fused-ring (bicyclic) bond motifs is 1. The first kappa shape index (κ1) is 19.2. The molecule has 0 saturated carbocycles. The Hall–Kier alpha value is -2.18. The van der Waals surface area contributed by atoms with Gasteiger partial charge in [0.05, 0.1) is 10.8 Å². The van der Waals surface area contributed by atoms with E-state index in [1.165, 1.54) is 15.4 Å². The summed E-state index contributed by atoms with van der Waals surface area (Å²) in [5.41, 5.74) is 4.45. The van der Waals surface area contributed by atoms with Gasteiger partial charge in [-0.1, -0.05) is 29.8 Å². The number of carbonyl (C=O) groups is 1. The Labute approximate surface area is 167 Å². The largest absolute Gasteiger partial charge is 0.312 e. The summed E-state index contributed by atoms with van der Waals surface area (Å²) >= 11 is 0. The van der Waals surface area contributed by atoms with Gasteiger partial charge in [-0.3, -0.25) is 4.79 Å². The van der Waals surface area contributed by atoms with E-state index < -0.39 is 10.0 Å². The standard InChI is InChI=1S/C22H26N2O3S/c1-16-8-10-19(11-9-16)28(26,27)23-13-4-6-18(15-23)22(25)24-14-12-20-17(2)5-3-7-21(20)24/h3,5,7-11,18H,4,6,12-15H2,1-2H3. The van der Waals surface area contributed by atoms with Crippen molar-refractivity contribution >= 4 is 21.6 Å². The molecule has 2 aliphatic rings. The van der Waals surface area contributed by atoms with Crippen molar-refractivity contribution in [3.63, 3.8) is 0 Å². The van der Waals surface area contributed by atoms with Crippen molar-refractivity contribution in [2.75, 3.05) is 24.5 Å². The molecule has 2 heterocycles. The number of anilines is 1. The van der Waals surface area contributed by atoms with Gasteiger partial charge in [0.15, 0.2) is 0 Å². The van der Waals surface area contributed by atoms with Gasteiger partial charge in [-0.25, -0.2) is 8.42 Å². The second kappa shape index (κ2) is 7.33. The maximum Gasteiger partial charge on any atom is 0.243 e. The molecule has 1 amide bonds. The van der Waals surface area contributed by atoms with Crippen LogP contribution in [-0.2, 0) is 21.2 Å². The quantitative estimate of drug-likeness (QED) is 0.797. The zero-order chi connectivity index (χ0) is 19.9. The van der Waals surface area contributed by atoms with E-state index in [4.69, 9.17) is 0 Å². The summed E-state index contributed by atoms with van der Waals surface area (Å²) in [6.45, 7) is 5.41. The molecule has 0 aliphatic carbocycles. The first-order valence-electron chi connectivity index (χ1n) is 9.84. The van der Waals surface area contributed by atoms with Crippen LogP contribution in [0.1, 0.15) is 29.5 Å². The molecule has 2 aromatic rings. The molecular formula is C22H26N2O3S. The van der Waals surface area contributed by atoms with Crippen LogP contribution < -0.4 is 4.90 Å². The van der Waals surface area contributed by atoms with Gasteiger partial charge in [-0.05, 0) is 62.4 Å². The molecule has 0 spiro atoms. The van der Waals surface area contributed by atoms with Crippen LogP contribution in [0.4, 0.5) is 5.69 Å². The number of nitrogens with zero attached hydrogens (tertiary/aromatic N) is 2. The van der Waals surface area contributed by atoms with Crippen LogP contribution in [0.5, 0.6) is 0 Å². The van der Waals surface area contributed by atoms with Crippen LogP contribution in [0.2, 0.25) is 0 Å². The van der Waals surface area contributed by atoms with Gasteiger partial charge in [0.2, 0.25) is 15.9 Å². The Morgan fingerprint density at radius 1 is 1.04 bits per heavy atom. The van der Waals surface area contributed by atoms with Gasteiger partial charge in [0.1, 0.15) is 0 Å². The topological polar surface area (TPSA) is 57.7 Å². The average molecular weight is 399 g/mol. The Balaban J connectivity index is 1.54. The molecule has 2 aliphatic heterocycles. The number of aryl methyl sites for hydroxylation is 2. The van der Waals surface area contributed by atoms with Crippen molar-refractivity contribution in [2.45, 2.75) is 38.0 Å². The van der Waals surface area contributed by atoms with E-state index in [1.54, 1.807) is 12.1 Å². The monoisotopic (exact) mass is 398 g/mol. The molecule has 148 valence electrons. The molecule has 2 aromatic carbocycles. The lowest BCUT2D eigenvalue weighted by molar-refractivity contribution is -0.123. The van der Waals surface area contributed by atoms with E-state index in [2.05, 4.69) is 13.0 Å². The molecule has 4 rings (SSSR count). The number of hydrogen-bond acceptors (Lipinski definition) is 3. The molecule has 0 aromatic heterocycles. The molecule has 1 fully saturated rings. The van der Waals surface area contributed by atoms with Crippen molar-refractivity contribution in [3.8, 4) is 0 Å². The van der Waals surface area contributed by atoms with Crippen molar-refractivity contribution in [3.05, 3.63) is 59.2 Å². The second-order valence-electron chi connectivity index (χ2n) is 7.83. The molecule has 0 radical (unpaired) electrons. The van der Waals surface area contributed by atoms with Crippen molar-refractivity contribution in [2.24, 2.45) is 5.92 Å². The van der Waals surface area contributed by atoms with Crippen LogP contribution in [-0.4, -0.2) is 38.3 Å². The third kappa shape index (κ3) is 3.35. The molecule has 1 atom stereocenters. The van der Waals surface area contributed by atoms with E-state index in [9.17, 15) is 13.2 Å². The van der Waals surface area contributed by atoms with Gasteiger partial charge in [-0.2, -0.15) is 4.31 Å². The summed E-state index contributed by atoms with van der Waals surface area (Å²) in [6, 6.07) is 13.0. The molecule has 28 heavy (non-hydrogen) atoms. The van der Waals surface area contributed by atoms with Gasteiger partial charge in [-0.15, -0.1) is 0 Å². The fourth-order valence-corrected chi connectivity index (χ4v) is 5.80. The maximum absolute atomic E-state index is 13.2. The number of sulfonamides is 1. The van der Waals surface area contributed by atoms with Gasteiger partial charge < -0.3 is 4.90 Å². The van der Waals surface area contributed by atoms with E-state index in [0.29, 0.717) is 24.4 Å². The number of piperidine rings is 1. The summed E-state index contributed by atoms with van der Waals surface area (Å²) in [7, 11) is -3.57. The van der Waals surface area contributed by atoms with Gasteiger partial charge in [0.25, 0.3) is 0 Å². The highest BCUT2D eigenvalue weighted by molar-refractivity contribution is 7.89. The van der Waals surface area contributed by atoms with Gasteiger partial charge >= 0.3 is 0 Å². The molecule has 6 heteroatoms. The first-order chi connectivity index (χ1) is 13.4. The normalized spacial score (nSPS) is 20.2. The van der Waals surface area contributed by atoms with Gasteiger partial charge in [0, 0.05) is 25.3 Å². The zero-order valence-electron chi connectivity index (χ0n) is 16.4. The Morgan fingerprint density at radius 3 is 2.54 bits per heavy atom. The number of rotatable bonds is 3. The summed E-state index contributed by atoms with van der Waals surface area (Å²) in [6.07, 6.45) is 2.30. The zero-order valence-corrected chi connectivity index (χ0v) is 17.2. The number of amides is 1. The Bertz CT molecular complexity index is 999. The number of hydrogen-bond donors (Lipinski definition) is 0. The summed E-state index contributed by atoms with van der Waals surface area (Å²) < 4.78 is 27.5. The SMILES string of the molecule is Cc1ccc(S(=O)(=O)N2CCCC(C(=O)N3CCc4c(C)cccc43)C2)cc1. The fourth-order valence-electron chi connectivity index (χ4n) is 4.28. The molecular weight excluding hydrogens is 372 g/mol. The lowest BCUT2D eigenvalue weighted by Gasteiger charge is -2.33. The van der Waals surface area contributed by atoms with E-state index in [1.807, 2.05) is 36.1 Å². The number of benzene rings is 2. The van der Waals surface area contributed by atoms with Crippen molar-refractivity contribution in [1.29, 1.82) is 0 Å². The van der Waals surface area contributed by atoms with E-state index >= 15 is 0 Å². The number of carbonyl (C=O) groups excluding carboxylic acids is 1. The smallest absolute Gasteiger partial charge is 0.243 e. The maximum atomic E-state index is 13.2. The fraction of sp³-hybridized carbons (Fsp3) is 0.409. The lowest BCUT2D eigenvalue weighted by Crippen LogP contribution is -2.46. The van der Waals surface area contributed by atoms with Crippen LogP contribution in [0.15, 0.2) is 47.4 Å². The third-order valence-electron chi connectivity index (χ3n) is 5.92. The van der Waals surface area contributed by atoms with Crippen LogP contribution in [0.25, 0.3) is 0 Å². The Kier molecular flexibility index (Phi) is 5.02. The van der Waals surface area contributed by atoms with Crippen LogP contribution in [0.3, 0.4) is 0 Å². The van der Waals surface area contributed by atoms with Crippen LogP contribution in [0, 0.1) is 19.8 Å².